The molecule has 0 bridgehead atoms. The number of ether oxygens (including phenoxy) is 1. The first kappa shape index (κ1) is 18.4. The van der Waals surface area contributed by atoms with Gasteiger partial charge in [0.2, 0.25) is 0 Å². The fraction of sp³-hybridized carbons (Fsp3) is 0.158. The third-order valence-corrected chi connectivity index (χ3v) is 6.19. The molecule has 0 radical (unpaired) electrons. The van der Waals surface area contributed by atoms with Crippen molar-refractivity contribution >= 4 is 51.0 Å². The maximum absolute atomic E-state index is 13.0. The standard InChI is InChI=1S/C19H15BrClN3O2S/c1-26-13-6-7-16(20)14(8-13)19(25)22-18-15-9-27-10-17(15)23-24(18)12-4-2-11(21)3-5-12/h2-8H,9-10H2,1H3,(H,22,25). The summed E-state index contributed by atoms with van der Waals surface area (Å²) < 4.78 is 7.71. The molecule has 1 amide bonds. The van der Waals surface area contributed by atoms with Gasteiger partial charge in [-0.05, 0) is 58.4 Å². The molecular weight excluding hydrogens is 450 g/mol. The van der Waals surface area contributed by atoms with Crippen molar-refractivity contribution in [3.63, 3.8) is 0 Å². The summed E-state index contributed by atoms with van der Waals surface area (Å²) in [6.07, 6.45) is 0. The smallest absolute Gasteiger partial charge is 0.258 e. The zero-order valence-corrected chi connectivity index (χ0v) is 17.5. The van der Waals surface area contributed by atoms with Crippen molar-refractivity contribution < 1.29 is 9.53 Å². The number of carbonyl (C=O) groups excluding carboxylic acids is 1. The predicted octanol–water partition coefficient (Wildman–Crippen LogP) is 5.30. The first-order chi connectivity index (χ1) is 13.1. The molecule has 0 saturated heterocycles. The summed E-state index contributed by atoms with van der Waals surface area (Å²) >= 11 is 11.2. The molecule has 4 rings (SSSR count). The number of thioether (sulfide) groups is 1. The normalized spacial score (nSPS) is 12.7. The maximum atomic E-state index is 13.0. The molecule has 138 valence electrons. The van der Waals surface area contributed by atoms with Gasteiger partial charge in [-0.2, -0.15) is 16.9 Å². The van der Waals surface area contributed by atoms with Gasteiger partial charge in [0, 0.05) is 26.6 Å². The van der Waals surface area contributed by atoms with Crippen LogP contribution < -0.4 is 10.1 Å². The topological polar surface area (TPSA) is 56.1 Å². The van der Waals surface area contributed by atoms with E-state index in [4.69, 9.17) is 21.4 Å². The summed E-state index contributed by atoms with van der Waals surface area (Å²) in [5.74, 6) is 2.74. The highest BCUT2D eigenvalue weighted by molar-refractivity contribution is 9.10. The molecule has 1 aliphatic heterocycles. The molecule has 0 spiro atoms. The Kier molecular flexibility index (Phi) is 5.16. The summed E-state index contributed by atoms with van der Waals surface area (Å²) in [6, 6.07) is 12.7. The second-order valence-electron chi connectivity index (χ2n) is 5.95. The van der Waals surface area contributed by atoms with Gasteiger partial charge in [-0.15, -0.1) is 0 Å². The molecule has 1 N–H and O–H groups in total. The number of anilines is 1. The van der Waals surface area contributed by atoms with E-state index in [-0.39, 0.29) is 5.91 Å². The average molecular weight is 465 g/mol. The number of nitrogens with zero attached hydrogens (tertiary/aromatic N) is 2. The van der Waals surface area contributed by atoms with Crippen molar-refractivity contribution in [3.05, 3.63) is 68.8 Å². The number of benzene rings is 2. The Hall–Kier alpha value is -1.96. The molecule has 2 heterocycles. The van der Waals surface area contributed by atoms with E-state index in [0.29, 0.717) is 26.6 Å². The summed E-state index contributed by atoms with van der Waals surface area (Å²) in [5, 5.41) is 8.39. The van der Waals surface area contributed by atoms with Crippen molar-refractivity contribution in [2.24, 2.45) is 0 Å². The lowest BCUT2D eigenvalue weighted by Crippen LogP contribution is -2.17. The second-order valence-corrected chi connectivity index (χ2v) is 8.23. The fourth-order valence-corrected chi connectivity index (χ4v) is 4.48. The second kappa shape index (κ2) is 7.58. The van der Waals surface area contributed by atoms with Crippen molar-refractivity contribution in [2.75, 3.05) is 12.4 Å². The van der Waals surface area contributed by atoms with Crippen LogP contribution >= 0.6 is 39.3 Å². The Balaban J connectivity index is 1.73. The van der Waals surface area contributed by atoms with Crippen molar-refractivity contribution in [1.82, 2.24) is 9.78 Å². The Bertz CT molecular complexity index is 1020. The van der Waals surface area contributed by atoms with Crippen LogP contribution in [0.4, 0.5) is 5.82 Å². The number of hydrogen-bond donors (Lipinski definition) is 1. The first-order valence-corrected chi connectivity index (χ1v) is 10.5. The average Bonchev–Trinajstić information content (AvgIpc) is 3.25. The fourth-order valence-electron chi connectivity index (χ4n) is 2.89. The Morgan fingerprint density at radius 2 is 2.04 bits per heavy atom. The Morgan fingerprint density at radius 1 is 1.26 bits per heavy atom. The van der Waals surface area contributed by atoms with Gasteiger partial charge < -0.3 is 10.1 Å². The molecule has 5 nitrogen and oxygen atoms in total. The number of methoxy groups -OCH3 is 1. The minimum Gasteiger partial charge on any atom is -0.497 e. The van der Waals surface area contributed by atoms with Crippen molar-refractivity contribution in [1.29, 1.82) is 0 Å². The summed E-state index contributed by atoms with van der Waals surface area (Å²) in [4.78, 5) is 13.0. The van der Waals surface area contributed by atoms with Crippen molar-refractivity contribution in [3.8, 4) is 11.4 Å². The quantitative estimate of drug-likeness (QED) is 0.569. The number of fused-ring (bicyclic) bond motifs is 1. The highest BCUT2D eigenvalue weighted by Crippen LogP contribution is 2.36. The van der Waals surface area contributed by atoms with Gasteiger partial charge in [-0.25, -0.2) is 4.68 Å². The van der Waals surface area contributed by atoms with E-state index in [2.05, 4.69) is 21.2 Å². The zero-order valence-electron chi connectivity index (χ0n) is 14.3. The van der Waals surface area contributed by atoms with Crippen LogP contribution in [0.15, 0.2) is 46.9 Å². The van der Waals surface area contributed by atoms with Crippen LogP contribution in [-0.2, 0) is 11.5 Å². The van der Waals surface area contributed by atoms with Crippen LogP contribution in [0, 0.1) is 0 Å². The minimum atomic E-state index is -0.226. The van der Waals surface area contributed by atoms with Gasteiger partial charge in [-0.1, -0.05) is 11.6 Å². The van der Waals surface area contributed by atoms with Crippen LogP contribution in [-0.4, -0.2) is 22.8 Å². The monoisotopic (exact) mass is 463 g/mol. The van der Waals surface area contributed by atoms with Gasteiger partial charge in [0.15, 0.2) is 0 Å². The molecule has 3 aromatic rings. The van der Waals surface area contributed by atoms with E-state index in [1.807, 2.05) is 24.3 Å². The molecule has 0 saturated carbocycles. The van der Waals surface area contributed by atoms with Crippen LogP contribution in [0.5, 0.6) is 5.75 Å². The van der Waals surface area contributed by atoms with E-state index < -0.39 is 0 Å². The lowest BCUT2D eigenvalue weighted by Gasteiger charge is -2.12. The largest absolute Gasteiger partial charge is 0.497 e. The number of aromatic nitrogens is 2. The molecular formula is C19H15BrClN3O2S. The number of nitrogens with one attached hydrogen (secondary N) is 1. The lowest BCUT2D eigenvalue weighted by atomic mass is 10.2. The summed E-state index contributed by atoms with van der Waals surface area (Å²) in [5.41, 5.74) is 3.40. The molecule has 1 aliphatic rings. The van der Waals surface area contributed by atoms with Crippen LogP contribution in [0.25, 0.3) is 5.69 Å². The molecule has 27 heavy (non-hydrogen) atoms. The molecule has 0 atom stereocenters. The van der Waals surface area contributed by atoms with Crippen LogP contribution in [0.2, 0.25) is 5.02 Å². The third-order valence-electron chi connectivity index (χ3n) is 4.27. The Labute approximate surface area is 174 Å². The summed E-state index contributed by atoms with van der Waals surface area (Å²) in [6.45, 7) is 0. The van der Waals surface area contributed by atoms with E-state index in [9.17, 15) is 4.79 Å². The molecule has 0 unspecified atom stereocenters. The number of halogens is 2. The van der Waals surface area contributed by atoms with Crippen molar-refractivity contribution in [2.45, 2.75) is 11.5 Å². The van der Waals surface area contributed by atoms with E-state index >= 15 is 0 Å². The van der Waals surface area contributed by atoms with Gasteiger partial charge in [0.1, 0.15) is 11.6 Å². The van der Waals surface area contributed by atoms with Crippen LogP contribution in [0.3, 0.4) is 0 Å². The number of rotatable bonds is 4. The molecule has 0 fully saturated rings. The molecule has 0 aliphatic carbocycles. The Morgan fingerprint density at radius 3 is 2.78 bits per heavy atom. The molecule has 1 aromatic heterocycles. The number of hydrogen-bond acceptors (Lipinski definition) is 4. The highest BCUT2D eigenvalue weighted by atomic mass is 79.9. The number of amides is 1. The SMILES string of the molecule is COc1ccc(Br)c(C(=O)Nc2c3c(nn2-c2ccc(Cl)cc2)CSC3)c1. The van der Waals surface area contributed by atoms with E-state index in [0.717, 1.165) is 28.5 Å². The zero-order chi connectivity index (χ0) is 19.0. The van der Waals surface area contributed by atoms with Gasteiger partial charge in [0.25, 0.3) is 5.91 Å². The summed E-state index contributed by atoms with van der Waals surface area (Å²) in [7, 11) is 1.57. The molecule has 2 aromatic carbocycles. The van der Waals surface area contributed by atoms with Gasteiger partial charge >= 0.3 is 0 Å². The highest BCUT2D eigenvalue weighted by Gasteiger charge is 2.25. The van der Waals surface area contributed by atoms with Gasteiger partial charge in [-0.3, -0.25) is 4.79 Å². The van der Waals surface area contributed by atoms with Gasteiger partial charge in [0.05, 0.1) is 24.1 Å². The third kappa shape index (κ3) is 3.59. The maximum Gasteiger partial charge on any atom is 0.258 e. The van der Waals surface area contributed by atoms with E-state index in [1.165, 1.54) is 0 Å². The lowest BCUT2D eigenvalue weighted by molar-refractivity contribution is 0.102. The molecule has 8 heteroatoms. The first-order valence-electron chi connectivity index (χ1n) is 8.16. The van der Waals surface area contributed by atoms with E-state index in [1.54, 1.807) is 41.8 Å². The predicted molar refractivity (Wildman–Crippen MR) is 112 cm³/mol. The number of carbonyl (C=O) groups is 1. The minimum absolute atomic E-state index is 0.226. The van der Waals surface area contributed by atoms with Crippen LogP contribution in [0.1, 0.15) is 21.6 Å².